The molecule has 1 aromatic rings. The van der Waals surface area contributed by atoms with Gasteiger partial charge in [-0.05, 0) is 36.6 Å². The lowest BCUT2D eigenvalue weighted by Crippen LogP contribution is -2.37. The number of hydrogen-bond donors (Lipinski definition) is 1. The predicted molar refractivity (Wildman–Crippen MR) is 86.1 cm³/mol. The van der Waals surface area contributed by atoms with E-state index in [1.807, 2.05) is 30.1 Å². The third-order valence-electron chi connectivity index (χ3n) is 4.14. The van der Waals surface area contributed by atoms with E-state index in [4.69, 9.17) is 10.5 Å². The number of carbonyl (C=O) groups is 1. The van der Waals surface area contributed by atoms with Gasteiger partial charge in [-0.2, -0.15) is 0 Å². The van der Waals surface area contributed by atoms with Gasteiger partial charge in [0.05, 0.1) is 12.8 Å². The number of ether oxygens (including phenoxy) is 1. The Kier molecular flexibility index (Phi) is 5.26. The predicted octanol–water partition coefficient (Wildman–Crippen LogP) is 3.08. The number of methoxy groups -OCH3 is 1. The van der Waals surface area contributed by atoms with Gasteiger partial charge < -0.3 is 15.4 Å². The first-order valence-corrected chi connectivity index (χ1v) is 7.50. The number of likely N-dealkylation sites (N-methyl/N-ethyl adjacent to an activating group) is 1. The van der Waals surface area contributed by atoms with E-state index in [9.17, 15) is 4.79 Å². The molecule has 1 aliphatic carbocycles. The van der Waals surface area contributed by atoms with Gasteiger partial charge in [0.1, 0.15) is 5.75 Å². The second-order valence-electron chi connectivity index (χ2n) is 5.58. The van der Waals surface area contributed by atoms with Gasteiger partial charge in [-0.15, -0.1) is 0 Å². The van der Waals surface area contributed by atoms with E-state index in [-0.39, 0.29) is 5.91 Å². The van der Waals surface area contributed by atoms with Gasteiger partial charge in [-0.25, -0.2) is 0 Å². The molecular weight excluding hydrogens is 264 g/mol. The van der Waals surface area contributed by atoms with Crippen LogP contribution in [0.3, 0.4) is 0 Å². The summed E-state index contributed by atoms with van der Waals surface area (Å²) in [6, 6.07) is 5.89. The molecule has 0 radical (unpaired) electrons. The molecule has 0 unspecified atom stereocenters. The number of nitrogens with two attached hydrogens (primary N) is 1. The molecule has 0 heterocycles. The zero-order valence-corrected chi connectivity index (χ0v) is 12.8. The number of hydrogen-bond acceptors (Lipinski definition) is 3. The molecule has 1 aliphatic rings. The number of nitrogens with zero attached hydrogens (tertiary/aromatic N) is 1. The minimum atomic E-state index is 0.0521. The van der Waals surface area contributed by atoms with E-state index >= 15 is 0 Å². The second kappa shape index (κ2) is 7.16. The highest BCUT2D eigenvalue weighted by Crippen LogP contribution is 2.23. The van der Waals surface area contributed by atoms with Crippen molar-refractivity contribution in [3.05, 3.63) is 29.8 Å². The van der Waals surface area contributed by atoms with Crippen LogP contribution in [0.4, 0.5) is 5.69 Å². The summed E-state index contributed by atoms with van der Waals surface area (Å²) in [4.78, 5) is 14.1. The van der Waals surface area contributed by atoms with Crippen molar-refractivity contribution in [1.82, 2.24) is 4.90 Å². The van der Waals surface area contributed by atoms with E-state index in [1.165, 1.54) is 19.3 Å². The van der Waals surface area contributed by atoms with Gasteiger partial charge in [-0.3, -0.25) is 4.79 Å². The summed E-state index contributed by atoms with van der Waals surface area (Å²) in [5.41, 5.74) is 7.34. The summed E-state index contributed by atoms with van der Waals surface area (Å²) in [7, 11) is 3.48. The highest BCUT2D eigenvalue weighted by atomic mass is 16.5. The van der Waals surface area contributed by atoms with Crippen LogP contribution in [0, 0.1) is 0 Å². The first-order chi connectivity index (χ1) is 10.1. The standard InChI is InChI=1S/C17H24N2O2/c1-19(14-6-4-3-5-7-14)17(20)11-9-13-8-10-16(21-2)15(18)12-13/h8-12,14H,3-7,18H2,1-2H3/b11-9-. The van der Waals surface area contributed by atoms with Gasteiger partial charge in [0, 0.05) is 19.2 Å². The van der Waals surface area contributed by atoms with Crippen LogP contribution >= 0.6 is 0 Å². The largest absolute Gasteiger partial charge is 0.495 e. The molecule has 0 saturated heterocycles. The molecule has 0 aromatic heterocycles. The monoisotopic (exact) mass is 288 g/mol. The Morgan fingerprint density at radius 2 is 2.05 bits per heavy atom. The van der Waals surface area contributed by atoms with Crippen molar-refractivity contribution >= 4 is 17.7 Å². The van der Waals surface area contributed by atoms with Gasteiger partial charge in [0.25, 0.3) is 0 Å². The van der Waals surface area contributed by atoms with E-state index < -0.39 is 0 Å². The van der Waals surface area contributed by atoms with Crippen LogP contribution in [0.2, 0.25) is 0 Å². The number of anilines is 1. The van der Waals surface area contributed by atoms with E-state index in [2.05, 4.69) is 0 Å². The SMILES string of the molecule is COc1ccc(/C=C\C(=O)N(C)C2CCCCC2)cc1N. The average Bonchev–Trinajstić information content (AvgIpc) is 2.52. The molecule has 0 spiro atoms. The Morgan fingerprint density at radius 3 is 2.67 bits per heavy atom. The van der Waals surface area contributed by atoms with E-state index in [1.54, 1.807) is 19.3 Å². The topological polar surface area (TPSA) is 55.6 Å². The molecule has 0 aliphatic heterocycles. The van der Waals surface area contributed by atoms with Crippen LogP contribution in [0.15, 0.2) is 24.3 Å². The lowest BCUT2D eigenvalue weighted by molar-refractivity contribution is -0.127. The molecule has 1 fully saturated rings. The van der Waals surface area contributed by atoms with Crippen LogP contribution in [0.25, 0.3) is 6.08 Å². The molecule has 1 amide bonds. The van der Waals surface area contributed by atoms with Gasteiger partial charge in [-0.1, -0.05) is 25.3 Å². The van der Waals surface area contributed by atoms with Crippen molar-refractivity contribution in [3.8, 4) is 5.75 Å². The zero-order valence-electron chi connectivity index (χ0n) is 12.8. The Balaban J connectivity index is 1.99. The Morgan fingerprint density at radius 1 is 1.33 bits per heavy atom. The molecule has 114 valence electrons. The second-order valence-corrected chi connectivity index (χ2v) is 5.58. The molecule has 1 saturated carbocycles. The van der Waals surface area contributed by atoms with Crippen LogP contribution in [0.1, 0.15) is 37.7 Å². The van der Waals surface area contributed by atoms with Crippen molar-refractivity contribution < 1.29 is 9.53 Å². The van der Waals surface area contributed by atoms with Crippen molar-refractivity contribution in [2.45, 2.75) is 38.1 Å². The molecule has 4 heteroatoms. The molecule has 4 nitrogen and oxygen atoms in total. The number of carbonyl (C=O) groups excluding carboxylic acids is 1. The van der Waals surface area contributed by atoms with E-state index in [0.717, 1.165) is 18.4 Å². The van der Waals surface area contributed by atoms with Crippen molar-refractivity contribution in [2.24, 2.45) is 0 Å². The maximum absolute atomic E-state index is 12.2. The summed E-state index contributed by atoms with van der Waals surface area (Å²) in [5.74, 6) is 0.703. The van der Waals surface area contributed by atoms with Crippen LogP contribution < -0.4 is 10.5 Å². The number of amides is 1. The molecule has 21 heavy (non-hydrogen) atoms. The summed E-state index contributed by atoms with van der Waals surface area (Å²) < 4.78 is 5.12. The third-order valence-corrected chi connectivity index (χ3v) is 4.14. The number of benzene rings is 1. The van der Waals surface area contributed by atoms with Crippen molar-refractivity contribution in [1.29, 1.82) is 0 Å². The fourth-order valence-electron chi connectivity index (χ4n) is 2.79. The maximum atomic E-state index is 12.2. The van der Waals surface area contributed by atoms with Crippen LogP contribution in [-0.4, -0.2) is 31.0 Å². The number of rotatable bonds is 4. The quantitative estimate of drug-likeness (QED) is 0.684. The number of nitrogen functional groups attached to an aromatic ring is 1. The average molecular weight is 288 g/mol. The highest BCUT2D eigenvalue weighted by molar-refractivity contribution is 5.92. The van der Waals surface area contributed by atoms with Gasteiger partial charge in [0.2, 0.25) is 5.91 Å². The van der Waals surface area contributed by atoms with E-state index in [0.29, 0.717) is 17.5 Å². The first kappa shape index (κ1) is 15.4. The Bertz CT molecular complexity index is 520. The third kappa shape index (κ3) is 4.00. The molecule has 0 bridgehead atoms. The van der Waals surface area contributed by atoms with Gasteiger partial charge >= 0.3 is 0 Å². The maximum Gasteiger partial charge on any atom is 0.246 e. The summed E-state index contributed by atoms with van der Waals surface area (Å²) in [5, 5.41) is 0. The minimum Gasteiger partial charge on any atom is -0.495 e. The lowest BCUT2D eigenvalue weighted by atomic mass is 9.94. The molecule has 0 atom stereocenters. The summed E-state index contributed by atoms with van der Waals surface area (Å²) in [6.45, 7) is 0. The molecule has 1 aromatic carbocycles. The fraction of sp³-hybridized carbons (Fsp3) is 0.471. The van der Waals surface area contributed by atoms with Crippen molar-refractivity contribution in [3.63, 3.8) is 0 Å². The zero-order chi connectivity index (χ0) is 15.2. The molecule has 2 N–H and O–H groups in total. The Hall–Kier alpha value is -1.97. The minimum absolute atomic E-state index is 0.0521. The Labute approximate surface area is 126 Å². The summed E-state index contributed by atoms with van der Waals surface area (Å²) in [6.07, 6.45) is 9.39. The first-order valence-electron chi connectivity index (χ1n) is 7.50. The van der Waals surface area contributed by atoms with Crippen molar-refractivity contribution in [2.75, 3.05) is 19.9 Å². The summed E-state index contributed by atoms with van der Waals surface area (Å²) >= 11 is 0. The van der Waals surface area contributed by atoms with Gasteiger partial charge in [0.15, 0.2) is 0 Å². The molecular formula is C17H24N2O2. The lowest BCUT2D eigenvalue weighted by Gasteiger charge is -2.30. The normalized spacial score (nSPS) is 16.1. The van der Waals surface area contributed by atoms with Crippen LogP contribution in [0.5, 0.6) is 5.75 Å². The fourth-order valence-corrected chi connectivity index (χ4v) is 2.79. The molecule has 2 rings (SSSR count). The highest BCUT2D eigenvalue weighted by Gasteiger charge is 2.20. The van der Waals surface area contributed by atoms with Crippen LogP contribution in [-0.2, 0) is 4.79 Å². The smallest absolute Gasteiger partial charge is 0.246 e.